The first-order valence-corrected chi connectivity index (χ1v) is 7.18. The van der Waals surface area contributed by atoms with Crippen molar-refractivity contribution in [3.8, 4) is 0 Å². The van der Waals surface area contributed by atoms with E-state index in [9.17, 15) is 4.79 Å². The average molecular weight is 284 g/mol. The van der Waals surface area contributed by atoms with Crippen LogP contribution in [0.2, 0.25) is 0 Å². The zero-order valence-corrected chi connectivity index (χ0v) is 12.6. The molecule has 0 amide bonds. The van der Waals surface area contributed by atoms with Gasteiger partial charge in [0.05, 0.1) is 13.2 Å². The summed E-state index contributed by atoms with van der Waals surface area (Å²) in [6, 6.07) is 5.92. The van der Waals surface area contributed by atoms with Gasteiger partial charge in [-0.25, -0.2) is 0 Å². The molecule has 4 nitrogen and oxygen atoms in total. The number of nitrogens with one attached hydrogen (secondary N) is 2. The van der Waals surface area contributed by atoms with Gasteiger partial charge in [0.1, 0.15) is 6.04 Å². The summed E-state index contributed by atoms with van der Waals surface area (Å²) >= 11 is 0. The lowest BCUT2D eigenvalue weighted by Crippen LogP contribution is -2.40. The van der Waals surface area contributed by atoms with Crippen LogP contribution in [0.4, 0.5) is 0 Å². The minimum absolute atomic E-state index is 0.0137. The van der Waals surface area contributed by atoms with Gasteiger partial charge >= 0.3 is 5.97 Å². The van der Waals surface area contributed by atoms with E-state index in [4.69, 9.17) is 4.74 Å². The van der Waals surface area contributed by atoms with Crippen molar-refractivity contribution in [2.45, 2.75) is 32.4 Å². The molecule has 2 N–H and O–H groups in total. The predicted octanol–water partition coefficient (Wildman–Crippen LogP) is 2.86. The topological polar surface area (TPSA) is 54.1 Å². The molecule has 0 radical (unpaired) electrons. The molecule has 0 fully saturated rings. The lowest BCUT2D eigenvalue weighted by Gasteiger charge is -2.20. The molecule has 0 bridgehead atoms. The molecule has 2 heterocycles. The molecule has 4 heteroatoms. The minimum Gasteiger partial charge on any atom is -0.468 e. The standard InChI is InChI=1S/C17H20N2O2/c1-10(2)7-14-12-5-4-6-13-16(12)11(9-18-13)8-15(19-14)17(20)21-3/h4-7,9,14-15,18-19H,8H2,1-3H3/t14-,15+/m1/s1. The van der Waals surface area contributed by atoms with Gasteiger partial charge < -0.3 is 9.72 Å². The number of esters is 1. The van der Waals surface area contributed by atoms with Gasteiger partial charge in [0.25, 0.3) is 0 Å². The van der Waals surface area contributed by atoms with Crippen molar-refractivity contribution in [3.63, 3.8) is 0 Å². The Morgan fingerprint density at radius 1 is 1.38 bits per heavy atom. The van der Waals surface area contributed by atoms with Gasteiger partial charge in [-0.1, -0.05) is 23.8 Å². The van der Waals surface area contributed by atoms with Gasteiger partial charge in [0, 0.05) is 23.5 Å². The molecular weight excluding hydrogens is 264 g/mol. The van der Waals surface area contributed by atoms with Crippen molar-refractivity contribution in [3.05, 3.63) is 47.2 Å². The van der Waals surface area contributed by atoms with E-state index in [-0.39, 0.29) is 18.1 Å². The van der Waals surface area contributed by atoms with Crippen molar-refractivity contribution in [2.24, 2.45) is 0 Å². The van der Waals surface area contributed by atoms with Crippen LogP contribution in [-0.4, -0.2) is 24.1 Å². The number of aromatic nitrogens is 1. The van der Waals surface area contributed by atoms with Gasteiger partial charge in [0.2, 0.25) is 0 Å². The Morgan fingerprint density at radius 2 is 2.19 bits per heavy atom. The maximum Gasteiger partial charge on any atom is 0.323 e. The van der Waals surface area contributed by atoms with Crippen molar-refractivity contribution in [1.29, 1.82) is 0 Å². The quantitative estimate of drug-likeness (QED) is 0.658. The van der Waals surface area contributed by atoms with Gasteiger partial charge in [0.15, 0.2) is 0 Å². The Labute approximate surface area is 124 Å². The molecule has 2 atom stereocenters. The number of aromatic amines is 1. The van der Waals surface area contributed by atoms with Crippen molar-refractivity contribution in [1.82, 2.24) is 10.3 Å². The van der Waals surface area contributed by atoms with Gasteiger partial charge in [-0.3, -0.25) is 10.1 Å². The highest BCUT2D eigenvalue weighted by Gasteiger charge is 2.29. The lowest BCUT2D eigenvalue weighted by molar-refractivity contribution is -0.143. The van der Waals surface area contributed by atoms with E-state index in [0.717, 1.165) is 11.1 Å². The van der Waals surface area contributed by atoms with Crippen LogP contribution in [-0.2, 0) is 16.0 Å². The molecule has 110 valence electrons. The van der Waals surface area contributed by atoms with E-state index in [1.54, 1.807) is 0 Å². The minimum atomic E-state index is -0.331. The smallest absolute Gasteiger partial charge is 0.323 e. The molecule has 1 aromatic carbocycles. The molecule has 0 aliphatic carbocycles. The Balaban J connectivity index is 2.16. The summed E-state index contributed by atoms with van der Waals surface area (Å²) in [5.74, 6) is -0.218. The number of carbonyl (C=O) groups is 1. The van der Waals surface area contributed by atoms with Gasteiger partial charge in [-0.05, 0) is 31.0 Å². The Morgan fingerprint density at radius 3 is 2.90 bits per heavy atom. The lowest BCUT2D eigenvalue weighted by atomic mass is 9.99. The van der Waals surface area contributed by atoms with E-state index in [2.05, 4.69) is 42.4 Å². The van der Waals surface area contributed by atoms with Gasteiger partial charge in [-0.15, -0.1) is 0 Å². The second-order valence-electron chi connectivity index (χ2n) is 5.75. The normalized spacial score (nSPS) is 20.9. The highest BCUT2D eigenvalue weighted by molar-refractivity contribution is 5.89. The number of allylic oxidation sites excluding steroid dienone is 1. The van der Waals surface area contributed by atoms with Crippen molar-refractivity contribution in [2.75, 3.05) is 7.11 Å². The summed E-state index contributed by atoms with van der Waals surface area (Å²) in [5, 5.41) is 4.65. The second kappa shape index (κ2) is 5.37. The Bertz CT molecular complexity index is 711. The zero-order chi connectivity index (χ0) is 15.0. The molecule has 0 saturated carbocycles. The number of benzene rings is 1. The molecular formula is C17H20N2O2. The van der Waals surface area contributed by atoms with E-state index < -0.39 is 0 Å². The summed E-state index contributed by atoms with van der Waals surface area (Å²) in [5.41, 5.74) is 4.69. The van der Waals surface area contributed by atoms with Crippen molar-refractivity contribution >= 4 is 16.9 Å². The average Bonchev–Trinajstić information content (AvgIpc) is 2.80. The predicted molar refractivity (Wildman–Crippen MR) is 83.1 cm³/mol. The number of H-pyrrole nitrogens is 1. The first-order valence-electron chi connectivity index (χ1n) is 7.18. The van der Waals surface area contributed by atoms with Crippen LogP contribution in [0.25, 0.3) is 10.9 Å². The molecule has 1 aliphatic rings. The van der Waals surface area contributed by atoms with Crippen LogP contribution in [0.15, 0.2) is 36.0 Å². The van der Waals surface area contributed by atoms with Crippen LogP contribution >= 0.6 is 0 Å². The first kappa shape index (κ1) is 13.9. The Hall–Kier alpha value is -2.07. The van der Waals surface area contributed by atoms with Crippen LogP contribution in [0.5, 0.6) is 0 Å². The number of ether oxygens (including phenoxy) is 1. The summed E-state index contributed by atoms with van der Waals surface area (Å²) < 4.78 is 4.94. The second-order valence-corrected chi connectivity index (χ2v) is 5.75. The highest BCUT2D eigenvalue weighted by Crippen LogP contribution is 2.32. The molecule has 2 aromatic rings. The maximum atomic E-state index is 12.0. The third kappa shape index (κ3) is 2.47. The van der Waals surface area contributed by atoms with Gasteiger partial charge in [-0.2, -0.15) is 0 Å². The number of carbonyl (C=O) groups excluding carboxylic acids is 1. The van der Waals surface area contributed by atoms with Crippen LogP contribution in [0.1, 0.15) is 31.0 Å². The fourth-order valence-corrected chi connectivity index (χ4v) is 3.06. The molecule has 0 spiro atoms. The molecule has 21 heavy (non-hydrogen) atoms. The van der Waals surface area contributed by atoms with Crippen LogP contribution in [0.3, 0.4) is 0 Å². The Kier molecular flexibility index (Phi) is 3.55. The monoisotopic (exact) mass is 284 g/mol. The number of hydrogen-bond donors (Lipinski definition) is 2. The summed E-state index contributed by atoms with van der Waals surface area (Å²) in [6.45, 7) is 4.13. The van der Waals surface area contributed by atoms with E-state index in [0.29, 0.717) is 6.42 Å². The summed E-state index contributed by atoms with van der Waals surface area (Å²) in [7, 11) is 1.44. The largest absolute Gasteiger partial charge is 0.468 e. The summed E-state index contributed by atoms with van der Waals surface area (Å²) in [6.07, 6.45) is 4.79. The molecule has 0 unspecified atom stereocenters. The molecule has 1 aromatic heterocycles. The van der Waals surface area contributed by atoms with E-state index in [1.807, 2.05) is 12.3 Å². The number of hydrogen-bond acceptors (Lipinski definition) is 3. The molecule has 3 rings (SSSR count). The fourth-order valence-electron chi connectivity index (χ4n) is 3.06. The van der Waals surface area contributed by atoms with E-state index >= 15 is 0 Å². The third-order valence-corrected chi connectivity index (χ3v) is 3.95. The SMILES string of the molecule is COC(=O)[C@@H]1Cc2c[nH]c3cccc(c23)[C@@H](C=C(C)C)N1. The van der Waals surface area contributed by atoms with Crippen LogP contribution < -0.4 is 5.32 Å². The van der Waals surface area contributed by atoms with Crippen molar-refractivity contribution < 1.29 is 9.53 Å². The first-order chi connectivity index (χ1) is 10.1. The fraction of sp³-hybridized carbons (Fsp3) is 0.353. The number of rotatable bonds is 2. The summed E-state index contributed by atoms with van der Waals surface area (Å²) in [4.78, 5) is 15.3. The molecule has 1 aliphatic heterocycles. The van der Waals surface area contributed by atoms with Crippen LogP contribution in [0, 0.1) is 0 Å². The zero-order valence-electron chi connectivity index (χ0n) is 12.6. The third-order valence-electron chi connectivity index (χ3n) is 3.95. The highest BCUT2D eigenvalue weighted by atomic mass is 16.5. The maximum absolute atomic E-state index is 12.0. The number of methoxy groups -OCH3 is 1. The molecule has 0 saturated heterocycles. The van der Waals surface area contributed by atoms with E-state index in [1.165, 1.54) is 23.6 Å².